The van der Waals surface area contributed by atoms with Crippen LogP contribution in [0.3, 0.4) is 0 Å². The molecule has 0 saturated carbocycles. The minimum Gasteiger partial charge on any atom is -0.352 e. The Kier molecular flexibility index (Phi) is 5.62. The van der Waals surface area contributed by atoms with Crippen LogP contribution in [0.4, 0.5) is 0 Å². The molecule has 6 nitrogen and oxygen atoms in total. The summed E-state index contributed by atoms with van der Waals surface area (Å²) in [4.78, 5) is 43.7. The summed E-state index contributed by atoms with van der Waals surface area (Å²) in [6.07, 6.45) is 3.32. The molecule has 2 atom stereocenters. The van der Waals surface area contributed by atoms with Crippen molar-refractivity contribution >= 4 is 46.1 Å². The molecule has 2 aliphatic heterocycles. The number of carbonyl (C=O) groups excluding carboxylic acids is 3. The van der Waals surface area contributed by atoms with E-state index in [9.17, 15) is 14.4 Å². The van der Waals surface area contributed by atoms with E-state index < -0.39 is 17.8 Å². The number of thiocarbonyl (C=S) groups is 1. The maximum absolute atomic E-state index is 12.2. The summed E-state index contributed by atoms with van der Waals surface area (Å²) in [6.45, 7) is 4.25. The van der Waals surface area contributed by atoms with E-state index >= 15 is 0 Å². The van der Waals surface area contributed by atoms with Crippen molar-refractivity contribution in [2.45, 2.75) is 45.2 Å². The lowest BCUT2D eigenvalue weighted by molar-refractivity contribution is -0.164. The normalized spacial score (nSPS) is 22.4. The number of hydrogen-bond donors (Lipinski definition) is 0. The van der Waals surface area contributed by atoms with E-state index in [0.717, 1.165) is 12.8 Å². The number of imide groups is 1. The highest BCUT2D eigenvalue weighted by Gasteiger charge is 2.38. The van der Waals surface area contributed by atoms with Gasteiger partial charge in [0.2, 0.25) is 0 Å². The number of hydrogen-bond acceptors (Lipinski definition) is 6. The number of thioether (sulfide) groups is 1. The van der Waals surface area contributed by atoms with Crippen LogP contribution in [0.2, 0.25) is 0 Å². The summed E-state index contributed by atoms with van der Waals surface area (Å²) < 4.78 is 0.643. The maximum atomic E-state index is 12.2. The predicted molar refractivity (Wildman–Crippen MR) is 103 cm³/mol. The van der Waals surface area contributed by atoms with E-state index in [-0.39, 0.29) is 16.9 Å². The number of rotatable bonds is 3. The van der Waals surface area contributed by atoms with Crippen LogP contribution in [0, 0.1) is 0 Å². The Morgan fingerprint density at radius 3 is 2.23 bits per heavy atom. The quantitative estimate of drug-likeness (QED) is 0.579. The van der Waals surface area contributed by atoms with E-state index in [1.165, 1.54) is 30.3 Å². The van der Waals surface area contributed by atoms with Crippen LogP contribution >= 0.6 is 24.0 Å². The summed E-state index contributed by atoms with van der Waals surface area (Å²) in [7, 11) is 0. The molecule has 1 saturated heterocycles. The molecular weight excluding hydrogens is 372 g/mol. The van der Waals surface area contributed by atoms with Crippen LogP contribution in [0.5, 0.6) is 0 Å². The van der Waals surface area contributed by atoms with Gasteiger partial charge >= 0.3 is 5.97 Å². The van der Waals surface area contributed by atoms with Crippen molar-refractivity contribution in [3.05, 3.63) is 35.4 Å². The van der Waals surface area contributed by atoms with Gasteiger partial charge in [-0.1, -0.05) is 41.2 Å². The number of carbonyl (C=O) groups is 3. The molecule has 138 valence electrons. The van der Waals surface area contributed by atoms with Gasteiger partial charge in [-0.05, 0) is 45.2 Å². The number of nitrogens with zero attached hydrogens (tertiary/aromatic N) is 2. The van der Waals surface area contributed by atoms with Crippen LogP contribution in [-0.4, -0.2) is 49.9 Å². The van der Waals surface area contributed by atoms with Crippen molar-refractivity contribution in [3.63, 3.8) is 0 Å². The molecular formula is C18H20N2O4S2. The monoisotopic (exact) mass is 392 g/mol. The fourth-order valence-corrected chi connectivity index (χ4v) is 4.69. The molecule has 3 rings (SSSR count). The number of hydroxylamine groups is 2. The highest BCUT2D eigenvalue weighted by molar-refractivity contribution is 8.23. The fourth-order valence-electron chi connectivity index (χ4n) is 3.35. The molecule has 0 radical (unpaired) electrons. The molecule has 2 unspecified atom stereocenters. The lowest BCUT2D eigenvalue weighted by atomic mass is 9.99. The first kappa shape index (κ1) is 18.8. The van der Waals surface area contributed by atoms with Crippen LogP contribution in [-0.2, 0) is 9.63 Å². The van der Waals surface area contributed by atoms with Crippen LogP contribution in [0.1, 0.15) is 53.8 Å². The van der Waals surface area contributed by atoms with Gasteiger partial charge in [-0.2, -0.15) is 0 Å². The molecule has 0 aliphatic carbocycles. The smallest absolute Gasteiger partial charge is 0.343 e. The second-order valence-electron chi connectivity index (χ2n) is 6.50. The first-order valence-electron chi connectivity index (χ1n) is 8.54. The predicted octanol–water partition coefficient (Wildman–Crippen LogP) is 3.02. The Morgan fingerprint density at radius 1 is 1.15 bits per heavy atom. The third-order valence-corrected chi connectivity index (χ3v) is 6.07. The van der Waals surface area contributed by atoms with E-state index in [0.29, 0.717) is 21.5 Å². The summed E-state index contributed by atoms with van der Waals surface area (Å²) in [5.41, 5.74) is 0.480. The average molecular weight is 393 g/mol. The molecule has 0 N–H and O–H groups in total. The Bertz CT molecular complexity index is 722. The largest absolute Gasteiger partial charge is 0.352 e. The molecule has 2 aliphatic rings. The molecule has 2 heterocycles. The van der Waals surface area contributed by atoms with Gasteiger partial charge in [0, 0.05) is 12.1 Å². The first-order chi connectivity index (χ1) is 12.4. The fraction of sp³-hybridized carbons (Fsp3) is 0.444. The van der Waals surface area contributed by atoms with Gasteiger partial charge in [0.1, 0.15) is 10.1 Å². The molecule has 2 amide bonds. The number of amides is 2. The standard InChI is InChI=1S/C18H20N2O4S2/c1-11-6-5-7-12(2)19(11)18(25)26-10-15(21)24-20-16(22)13-8-3-4-9-14(13)17(20)23/h3-4,8-9,11-12H,5-7,10H2,1-2H3. The zero-order valence-electron chi connectivity index (χ0n) is 14.6. The van der Waals surface area contributed by atoms with Crippen molar-refractivity contribution in [2.24, 2.45) is 0 Å². The molecule has 26 heavy (non-hydrogen) atoms. The highest BCUT2D eigenvalue weighted by Crippen LogP contribution is 2.27. The summed E-state index contributed by atoms with van der Waals surface area (Å²) in [6, 6.07) is 7.06. The number of piperidine rings is 1. The summed E-state index contributed by atoms with van der Waals surface area (Å²) >= 11 is 6.67. The lowest BCUT2D eigenvalue weighted by Crippen LogP contribution is -2.46. The summed E-state index contributed by atoms with van der Waals surface area (Å²) in [5, 5.41) is 0.531. The average Bonchev–Trinajstić information content (AvgIpc) is 2.85. The molecule has 0 spiro atoms. The Balaban J connectivity index is 1.56. The van der Waals surface area contributed by atoms with Gasteiger partial charge < -0.3 is 9.74 Å². The number of fused-ring (bicyclic) bond motifs is 1. The van der Waals surface area contributed by atoms with Gasteiger partial charge in [-0.15, -0.1) is 0 Å². The highest BCUT2D eigenvalue weighted by atomic mass is 32.2. The molecule has 0 aromatic heterocycles. The van der Waals surface area contributed by atoms with E-state index in [1.807, 2.05) is 0 Å². The third-order valence-electron chi connectivity index (χ3n) is 4.67. The minimum atomic E-state index is -0.677. The van der Waals surface area contributed by atoms with Gasteiger partial charge in [0.05, 0.1) is 11.1 Å². The van der Waals surface area contributed by atoms with E-state index in [4.69, 9.17) is 17.1 Å². The van der Waals surface area contributed by atoms with Crippen molar-refractivity contribution in [1.82, 2.24) is 9.96 Å². The van der Waals surface area contributed by atoms with Crippen LogP contribution in [0.15, 0.2) is 24.3 Å². The van der Waals surface area contributed by atoms with Crippen molar-refractivity contribution in [1.29, 1.82) is 0 Å². The van der Waals surface area contributed by atoms with Gasteiger partial charge in [-0.25, -0.2) is 4.79 Å². The molecule has 0 bridgehead atoms. The topological polar surface area (TPSA) is 66.9 Å². The van der Waals surface area contributed by atoms with E-state index in [1.54, 1.807) is 12.1 Å². The van der Waals surface area contributed by atoms with Crippen molar-refractivity contribution in [2.75, 3.05) is 5.75 Å². The van der Waals surface area contributed by atoms with Crippen molar-refractivity contribution in [3.8, 4) is 0 Å². The van der Waals surface area contributed by atoms with E-state index in [2.05, 4.69) is 18.7 Å². The minimum absolute atomic E-state index is 0.0534. The SMILES string of the molecule is CC1CCCC(C)N1C(=S)SCC(=O)ON1C(=O)c2ccccc2C1=O. The Labute approximate surface area is 161 Å². The third kappa shape index (κ3) is 3.61. The zero-order valence-corrected chi connectivity index (χ0v) is 16.3. The zero-order chi connectivity index (χ0) is 18.8. The maximum Gasteiger partial charge on any atom is 0.343 e. The molecule has 1 aromatic carbocycles. The van der Waals surface area contributed by atoms with Crippen molar-refractivity contribution < 1.29 is 19.2 Å². The second-order valence-corrected chi connectivity index (χ2v) is 8.11. The van der Waals surface area contributed by atoms with Crippen LogP contribution in [0.25, 0.3) is 0 Å². The van der Waals surface area contributed by atoms with Crippen LogP contribution < -0.4 is 0 Å². The van der Waals surface area contributed by atoms with Gasteiger partial charge in [-0.3, -0.25) is 9.59 Å². The van der Waals surface area contributed by atoms with Gasteiger partial charge in [0.25, 0.3) is 11.8 Å². The molecule has 1 aromatic rings. The molecule has 8 heteroatoms. The molecule has 1 fully saturated rings. The lowest BCUT2D eigenvalue weighted by Gasteiger charge is -2.40. The first-order valence-corrected chi connectivity index (χ1v) is 9.93. The summed E-state index contributed by atoms with van der Waals surface area (Å²) in [5.74, 6) is -1.97. The number of likely N-dealkylation sites (tertiary alicyclic amines) is 1. The van der Waals surface area contributed by atoms with Gasteiger partial charge in [0.15, 0.2) is 0 Å². The second kappa shape index (κ2) is 7.75. The number of benzene rings is 1. The Hall–Kier alpha value is -1.93. The Morgan fingerprint density at radius 2 is 1.69 bits per heavy atom.